The first kappa shape index (κ1) is 19.4. The van der Waals surface area contributed by atoms with Crippen LogP contribution in [0.2, 0.25) is 0 Å². The van der Waals surface area contributed by atoms with Gasteiger partial charge in [-0.3, -0.25) is 4.72 Å². The molecule has 0 bridgehead atoms. The first-order valence-electron chi connectivity index (χ1n) is 9.02. The summed E-state index contributed by atoms with van der Waals surface area (Å²) in [6, 6.07) is 15.5. The lowest BCUT2D eigenvalue weighted by atomic mass is 9.96. The van der Waals surface area contributed by atoms with Crippen LogP contribution in [0.15, 0.2) is 54.6 Å². The van der Waals surface area contributed by atoms with E-state index in [1.807, 2.05) is 36.4 Å². The second kappa shape index (κ2) is 8.56. The van der Waals surface area contributed by atoms with Gasteiger partial charge < -0.3 is 10.5 Å². The molecule has 1 heterocycles. The first-order chi connectivity index (χ1) is 13.0. The molecule has 0 spiro atoms. The van der Waals surface area contributed by atoms with Crippen LogP contribution >= 0.6 is 0 Å². The molecule has 1 saturated heterocycles. The van der Waals surface area contributed by atoms with Crippen LogP contribution in [0, 0.1) is 0 Å². The maximum atomic E-state index is 12.7. The number of nitrogens with zero attached hydrogens (tertiary/aromatic N) is 1. The fourth-order valence-electron chi connectivity index (χ4n) is 3.03. The van der Waals surface area contributed by atoms with Gasteiger partial charge in [0.05, 0.1) is 24.6 Å². The quantitative estimate of drug-likeness (QED) is 0.746. The fraction of sp³-hybridized carbons (Fsp3) is 0.300. The SMILES string of the molecule is CC/C=C(\c1ccccc1)c1ccc(N)c(NS(=O)(=O)N2CCOCC2)c1. The van der Waals surface area contributed by atoms with Crippen LogP contribution in [-0.4, -0.2) is 39.0 Å². The summed E-state index contributed by atoms with van der Waals surface area (Å²) in [5.74, 6) is 0. The van der Waals surface area contributed by atoms with Crippen molar-refractivity contribution in [2.75, 3.05) is 36.8 Å². The highest BCUT2D eigenvalue weighted by atomic mass is 32.2. The molecule has 0 aromatic heterocycles. The molecule has 2 aromatic rings. The van der Waals surface area contributed by atoms with Gasteiger partial charge in [0.2, 0.25) is 0 Å². The van der Waals surface area contributed by atoms with Gasteiger partial charge in [-0.05, 0) is 35.3 Å². The topological polar surface area (TPSA) is 84.7 Å². The molecular formula is C20H25N3O3S. The Kier molecular flexibility index (Phi) is 6.15. The average Bonchev–Trinajstić information content (AvgIpc) is 2.69. The second-order valence-electron chi connectivity index (χ2n) is 6.31. The standard InChI is InChI=1S/C20H25N3O3S/c1-2-6-18(16-7-4-3-5-8-16)17-9-10-19(21)20(15-17)22-27(24,25)23-11-13-26-14-12-23/h3-10,15,22H,2,11-14,21H2,1H3/b18-6+. The highest BCUT2D eigenvalue weighted by molar-refractivity contribution is 7.90. The zero-order valence-corrected chi connectivity index (χ0v) is 16.2. The minimum Gasteiger partial charge on any atom is -0.397 e. The summed E-state index contributed by atoms with van der Waals surface area (Å²) < 4.78 is 34.6. The number of anilines is 2. The van der Waals surface area contributed by atoms with Crippen LogP contribution in [0.5, 0.6) is 0 Å². The third kappa shape index (κ3) is 4.68. The van der Waals surface area contributed by atoms with Gasteiger partial charge in [0, 0.05) is 13.1 Å². The maximum Gasteiger partial charge on any atom is 0.301 e. The predicted molar refractivity (Wildman–Crippen MR) is 110 cm³/mol. The summed E-state index contributed by atoms with van der Waals surface area (Å²) in [6.07, 6.45) is 2.99. The van der Waals surface area contributed by atoms with Crippen LogP contribution in [0.25, 0.3) is 5.57 Å². The number of rotatable bonds is 6. The third-order valence-electron chi connectivity index (χ3n) is 4.41. The van der Waals surface area contributed by atoms with Gasteiger partial charge in [0.15, 0.2) is 0 Å². The highest BCUT2D eigenvalue weighted by Crippen LogP contribution is 2.30. The Morgan fingerprint density at radius 1 is 1.15 bits per heavy atom. The summed E-state index contributed by atoms with van der Waals surface area (Å²) in [5.41, 5.74) is 9.86. The van der Waals surface area contributed by atoms with Gasteiger partial charge in [0.1, 0.15) is 0 Å². The molecule has 0 atom stereocenters. The van der Waals surface area contributed by atoms with Gasteiger partial charge in [-0.1, -0.05) is 49.4 Å². The van der Waals surface area contributed by atoms with Crippen molar-refractivity contribution in [1.82, 2.24) is 4.31 Å². The van der Waals surface area contributed by atoms with Gasteiger partial charge in [-0.15, -0.1) is 0 Å². The van der Waals surface area contributed by atoms with Crippen molar-refractivity contribution in [3.63, 3.8) is 0 Å². The van der Waals surface area contributed by atoms with Crippen molar-refractivity contribution in [3.05, 3.63) is 65.7 Å². The molecule has 0 amide bonds. The summed E-state index contributed by atoms with van der Waals surface area (Å²) in [5, 5.41) is 0. The van der Waals surface area contributed by atoms with E-state index in [4.69, 9.17) is 10.5 Å². The van der Waals surface area contributed by atoms with Crippen LogP contribution in [-0.2, 0) is 14.9 Å². The van der Waals surface area contributed by atoms with Crippen LogP contribution in [0.1, 0.15) is 24.5 Å². The summed E-state index contributed by atoms with van der Waals surface area (Å²) in [6.45, 7) is 3.53. The Morgan fingerprint density at radius 3 is 2.52 bits per heavy atom. The van der Waals surface area contributed by atoms with Gasteiger partial charge in [-0.2, -0.15) is 12.7 Å². The van der Waals surface area contributed by atoms with E-state index in [2.05, 4.69) is 17.7 Å². The normalized spacial score (nSPS) is 16.3. The number of hydrogen-bond acceptors (Lipinski definition) is 4. The summed E-state index contributed by atoms with van der Waals surface area (Å²) in [7, 11) is -3.67. The monoisotopic (exact) mass is 387 g/mol. The van der Waals surface area contributed by atoms with E-state index < -0.39 is 10.2 Å². The molecule has 0 aliphatic carbocycles. The molecule has 2 aromatic carbocycles. The second-order valence-corrected chi connectivity index (χ2v) is 7.98. The third-order valence-corrected chi connectivity index (χ3v) is 5.93. The fourth-order valence-corrected chi connectivity index (χ4v) is 4.24. The molecule has 144 valence electrons. The number of morpholine rings is 1. The van der Waals surface area contributed by atoms with Crippen molar-refractivity contribution < 1.29 is 13.2 Å². The molecule has 1 aliphatic heterocycles. The van der Waals surface area contributed by atoms with E-state index in [1.165, 1.54) is 4.31 Å². The van der Waals surface area contributed by atoms with Gasteiger partial charge >= 0.3 is 10.2 Å². The van der Waals surface area contributed by atoms with Crippen molar-refractivity contribution in [3.8, 4) is 0 Å². The van der Waals surface area contributed by atoms with Crippen LogP contribution < -0.4 is 10.5 Å². The first-order valence-corrected chi connectivity index (χ1v) is 10.5. The number of allylic oxidation sites excluding steroid dienone is 1. The molecule has 27 heavy (non-hydrogen) atoms. The van der Waals surface area contributed by atoms with Gasteiger partial charge in [-0.25, -0.2) is 0 Å². The molecule has 0 radical (unpaired) electrons. The Labute approximate surface area is 160 Å². The van der Waals surface area contributed by atoms with E-state index in [1.54, 1.807) is 12.1 Å². The van der Waals surface area contributed by atoms with E-state index in [9.17, 15) is 8.42 Å². The van der Waals surface area contributed by atoms with Crippen molar-refractivity contribution in [2.24, 2.45) is 0 Å². The lowest BCUT2D eigenvalue weighted by Gasteiger charge is -2.26. The van der Waals surface area contributed by atoms with Gasteiger partial charge in [0.25, 0.3) is 0 Å². The molecule has 1 aliphatic rings. The Balaban J connectivity index is 1.93. The molecule has 0 unspecified atom stereocenters. The summed E-state index contributed by atoms with van der Waals surface area (Å²) >= 11 is 0. The number of benzene rings is 2. The van der Waals surface area contributed by atoms with E-state index >= 15 is 0 Å². The van der Waals surface area contributed by atoms with E-state index in [0.717, 1.165) is 23.1 Å². The zero-order chi connectivity index (χ0) is 19.3. The number of ether oxygens (including phenoxy) is 1. The molecular weight excluding hydrogens is 362 g/mol. The predicted octanol–water partition coefficient (Wildman–Crippen LogP) is 3.10. The zero-order valence-electron chi connectivity index (χ0n) is 15.4. The number of nitrogen functional groups attached to an aromatic ring is 1. The number of nitrogens with two attached hydrogens (primary N) is 1. The van der Waals surface area contributed by atoms with Crippen LogP contribution in [0.3, 0.4) is 0 Å². The lowest BCUT2D eigenvalue weighted by Crippen LogP contribution is -2.43. The Hall–Kier alpha value is -2.35. The minimum atomic E-state index is -3.67. The van der Waals surface area contributed by atoms with Crippen molar-refractivity contribution in [2.45, 2.75) is 13.3 Å². The van der Waals surface area contributed by atoms with E-state index in [0.29, 0.717) is 37.7 Å². The number of nitrogens with one attached hydrogen (secondary N) is 1. The smallest absolute Gasteiger partial charge is 0.301 e. The molecule has 0 saturated carbocycles. The molecule has 7 heteroatoms. The Morgan fingerprint density at radius 2 is 1.85 bits per heavy atom. The minimum absolute atomic E-state index is 0.333. The molecule has 1 fully saturated rings. The molecule has 3 N–H and O–H groups in total. The Bertz CT molecular complexity index is 905. The molecule has 6 nitrogen and oxygen atoms in total. The average molecular weight is 388 g/mol. The van der Waals surface area contributed by atoms with Crippen LogP contribution in [0.4, 0.5) is 11.4 Å². The largest absolute Gasteiger partial charge is 0.397 e. The summed E-state index contributed by atoms with van der Waals surface area (Å²) in [4.78, 5) is 0. The van der Waals surface area contributed by atoms with E-state index in [-0.39, 0.29) is 0 Å². The van der Waals surface area contributed by atoms with Crippen molar-refractivity contribution >= 4 is 27.2 Å². The molecule has 3 rings (SSSR count). The van der Waals surface area contributed by atoms with Crippen molar-refractivity contribution in [1.29, 1.82) is 0 Å². The lowest BCUT2D eigenvalue weighted by molar-refractivity contribution is 0.0733. The maximum absolute atomic E-state index is 12.7. The highest BCUT2D eigenvalue weighted by Gasteiger charge is 2.25. The number of hydrogen-bond donors (Lipinski definition) is 2.